The van der Waals surface area contributed by atoms with Crippen molar-refractivity contribution in [3.05, 3.63) is 121 Å². The molecular formula is C34H29NS. The van der Waals surface area contributed by atoms with Gasteiger partial charge in [0.1, 0.15) is 0 Å². The van der Waals surface area contributed by atoms with Crippen LogP contribution in [0.25, 0.3) is 42.4 Å². The third-order valence-corrected chi connectivity index (χ3v) is 7.86. The minimum atomic E-state index is -0.144. The van der Waals surface area contributed by atoms with E-state index in [-0.39, 0.29) is 5.54 Å². The van der Waals surface area contributed by atoms with Crippen LogP contribution in [0.2, 0.25) is 0 Å². The van der Waals surface area contributed by atoms with E-state index in [2.05, 4.69) is 147 Å². The largest absolute Gasteiger partial charge is 0.335 e. The van der Waals surface area contributed by atoms with Crippen molar-refractivity contribution >= 4 is 42.9 Å². The summed E-state index contributed by atoms with van der Waals surface area (Å²) in [6, 6.07) is 43.9. The van der Waals surface area contributed by atoms with E-state index in [1.807, 2.05) is 11.3 Å². The minimum Gasteiger partial charge on any atom is -0.335 e. The van der Waals surface area contributed by atoms with Gasteiger partial charge in [0.15, 0.2) is 0 Å². The van der Waals surface area contributed by atoms with Crippen molar-refractivity contribution in [2.45, 2.75) is 26.3 Å². The lowest BCUT2D eigenvalue weighted by Crippen LogP contribution is -2.38. The van der Waals surface area contributed by atoms with Gasteiger partial charge in [0.05, 0.1) is 5.69 Å². The second-order valence-electron chi connectivity index (χ2n) is 10.2. The van der Waals surface area contributed by atoms with Gasteiger partial charge in [-0.05, 0) is 67.8 Å². The van der Waals surface area contributed by atoms with E-state index in [9.17, 15) is 0 Å². The highest BCUT2D eigenvalue weighted by molar-refractivity contribution is 7.26. The van der Waals surface area contributed by atoms with Crippen molar-refractivity contribution in [1.82, 2.24) is 0 Å². The number of thiophene rings is 1. The lowest BCUT2D eigenvalue weighted by Gasteiger charge is -2.40. The summed E-state index contributed by atoms with van der Waals surface area (Å²) in [5, 5.41) is 2.66. The highest BCUT2D eigenvalue weighted by atomic mass is 32.1. The highest BCUT2D eigenvalue weighted by Crippen LogP contribution is 2.47. The molecule has 2 heteroatoms. The van der Waals surface area contributed by atoms with Gasteiger partial charge in [-0.1, -0.05) is 91.0 Å². The SMILES string of the molecule is CC(C)(C)N(c1ccc(-c2ccccc2)cc1-c1ccccc1)c1cccc2sc3ccccc3c12. The molecule has 0 fully saturated rings. The maximum Gasteiger partial charge on any atom is 0.0510 e. The number of anilines is 2. The Labute approximate surface area is 217 Å². The molecular weight excluding hydrogens is 454 g/mol. The number of hydrogen-bond donors (Lipinski definition) is 0. The van der Waals surface area contributed by atoms with Gasteiger partial charge in [0.2, 0.25) is 0 Å². The first-order chi connectivity index (χ1) is 17.5. The Hall–Kier alpha value is -3.88. The van der Waals surface area contributed by atoms with Crippen LogP contribution >= 0.6 is 11.3 Å². The molecule has 0 aliphatic heterocycles. The van der Waals surface area contributed by atoms with Crippen LogP contribution in [-0.2, 0) is 0 Å². The van der Waals surface area contributed by atoms with Crippen molar-refractivity contribution in [1.29, 1.82) is 0 Å². The Morgan fingerprint density at radius 2 is 1.17 bits per heavy atom. The first-order valence-electron chi connectivity index (χ1n) is 12.5. The summed E-state index contributed by atoms with van der Waals surface area (Å²) in [5.74, 6) is 0. The summed E-state index contributed by atoms with van der Waals surface area (Å²) in [5.41, 5.74) is 7.25. The fraction of sp³-hybridized carbons (Fsp3) is 0.118. The van der Waals surface area contributed by atoms with E-state index in [0.29, 0.717) is 0 Å². The van der Waals surface area contributed by atoms with E-state index in [0.717, 1.165) is 0 Å². The maximum absolute atomic E-state index is 2.53. The van der Waals surface area contributed by atoms with Crippen LogP contribution in [0.5, 0.6) is 0 Å². The van der Waals surface area contributed by atoms with E-state index in [1.165, 1.54) is 53.8 Å². The quantitative estimate of drug-likeness (QED) is 0.241. The van der Waals surface area contributed by atoms with Gasteiger partial charge in [-0.3, -0.25) is 0 Å². The Morgan fingerprint density at radius 1 is 0.528 bits per heavy atom. The zero-order valence-electron chi connectivity index (χ0n) is 20.9. The van der Waals surface area contributed by atoms with Crippen LogP contribution in [0, 0.1) is 0 Å². The van der Waals surface area contributed by atoms with E-state index in [4.69, 9.17) is 0 Å². The summed E-state index contributed by atoms with van der Waals surface area (Å²) in [6.07, 6.45) is 0. The predicted molar refractivity (Wildman–Crippen MR) is 159 cm³/mol. The first-order valence-corrected chi connectivity index (χ1v) is 13.3. The molecule has 6 rings (SSSR count). The van der Waals surface area contributed by atoms with Crippen LogP contribution in [0.3, 0.4) is 0 Å². The van der Waals surface area contributed by atoms with Crippen molar-refractivity contribution in [3.63, 3.8) is 0 Å². The average molecular weight is 484 g/mol. The lowest BCUT2D eigenvalue weighted by molar-refractivity contribution is 0.562. The highest BCUT2D eigenvalue weighted by Gasteiger charge is 2.28. The van der Waals surface area contributed by atoms with Crippen LogP contribution in [-0.4, -0.2) is 5.54 Å². The fourth-order valence-corrected chi connectivity index (χ4v) is 6.31. The molecule has 36 heavy (non-hydrogen) atoms. The summed E-state index contributed by atoms with van der Waals surface area (Å²) >= 11 is 1.87. The van der Waals surface area contributed by atoms with Gasteiger partial charge >= 0.3 is 0 Å². The number of fused-ring (bicyclic) bond motifs is 3. The minimum absolute atomic E-state index is 0.144. The van der Waals surface area contributed by atoms with Crippen LogP contribution < -0.4 is 4.90 Å². The Morgan fingerprint density at radius 3 is 1.89 bits per heavy atom. The number of rotatable bonds is 4. The molecule has 0 spiro atoms. The standard InChI is InChI=1S/C34H29NS/c1-34(2,3)35(30-18-12-20-32-33(30)27-17-10-11-19-31(27)36-32)29-22-21-26(24-13-6-4-7-14-24)23-28(29)25-15-8-5-9-16-25/h4-23H,1-3H3. The van der Waals surface area contributed by atoms with E-state index >= 15 is 0 Å². The van der Waals surface area contributed by atoms with Crippen molar-refractivity contribution in [3.8, 4) is 22.3 Å². The third-order valence-electron chi connectivity index (χ3n) is 6.72. The second-order valence-corrected chi connectivity index (χ2v) is 11.3. The van der Waals surface area contributed by atoms with Crippen LogP contribution in [0.4, 0.5) is 11.4 Å². The summed E-state index contributed by atoms with van der Waals surface area (Å²) in [4.78, 5) is 2.53. The average Bonchev–Trinajstić information content (AvgIpc) is 3.29. The molecule has 1 aromatic heterocycles. The summed E-state index contributed by atoms with van der Waals surface area (Å²) in [7, 11) is 0. The monoisotopic (exact) mass is 483 g/mol. The molecule has 1 nitrogen and oxygen atoms in total. The molecule has 176 valence electrons. The smallest absolute Gasteiger partial charge is 0.0510 e. The third kappa shape index (κ3) is 3.98. The van der Waals surface area contributed by atoms with E-state index in [1.54, 1.807) is 0 Å². The zero-order chi connectivity index (χ0) is 24.7. The molecule has 0 atom stereocenters. The molecule has 0 saturated heterocycles. The molecule has 0 aliphatic carbocycles. The molecule has 0 bridgehead atoms. The van der Waals surface area contributed by atoms with Crippen molar-refractivity contribution in [2.75, 3.05) is 4.90 Å². The van der Waals surface area contributed by atoms with Gasteiger partial charge in [0, 0.05) is 37.0 Å². The fourth-order valence-electron chi connectivity index (χ4n) is 5.18. The van der Waals surface area contributed by atoms with Gasteiger partial charge in [0.25, 0.3) is 0 Å². The van der Waals surface area contributed by atoms with Gasteiger partial charge < -0.3 is 4.90 Å². The Kier molecular flexibility index (Phi) is 5.62. The Bertz CT molecular complexity index is 1660. The van der Waals surface area contributed by atoms with Gasteiger partial charge in [-0.2, -0.15) is 0 Å². The molecule has 0 unspecified atom stereocenters. The predicted octanol–water partition coefficient (Wildman–Crippen LogP) is 10.3. The van der Waals surface area contributed by atoms with E-state index < -0.39 is 0 Å². The molecule has 0 aliphatic rings. The summed E-state index contributed by atoms with van der Waals surface area (Å²) < 4.78 is 2.65. The Balaban J connectivity index is 1.64. The van der Waals surface area contributed by atoms with Crippen molar-refractivity contribution < 1.29 is 0 Å². The number of hydrogen-bond acceptors (Lipinski definition) is 2. The maximum atomic E-state index is 2.53. The van der Waals surface area contributed by atoms with Crippen molar-refractivity contribution in [2.24, 2.45) is 0 Å². The van der Waals surface area contributed by atoms with Gasteiger partial charge in [-0.15, -0.1) is 11.3 Å². The topological polar surface area (TPSA) is 3.24 Å². The lowest BCUT2D eigenvalue weighted by atomic mass is 9.93. The van der Waals surface area contributed by atoms with Crippen LogP contribution in [0.15, 0.2) is 121 Å². The molecule has 0 N–H and O–H groups in total. The number of benzene rings is 5. The molecule has 0 radical (unpaired) electrons. The molecule has 5 aromatic carbocycles. The first kappa shape index (κ1) is 22.6. The summed E-state index contributed by atoms with van der Waals surface area (Å²) in [6.45, 7) is 6.92. The molecule has 1 heterocycles. The zero-order valence-corrected chi connectivity index (χ0v) is 21.7. The normalized spacial score (nSPS) is 11.8. The van der Waals surface area contributed by atoms with Crippen LogP contribution in [0.1, 0.15) is 20.8 Å². The van der Waals surface area contributed by atoms with Gasteiger partial charge in [-0.25, -0.2) is 0 Å². The molecule has 0 amide bonds. The molecule has 6 aromatic rings. The second kappa shape index (κ2) is 8.96. The number of nitrogens with zero attached hydrogens (tertiary/aromatic N) is 1. The molecule has 0 saturated carbocycles.